The third-order valence-corrected chi connectivity index (χ3v) is 3.90. The molecule has 1 N–H and O–H groups in total. The van der Waals surface area contributed by atoms with Gasteiger partial charge in [0.2, 0.25) is 5.91 Å². The number of amides is 1. The summed E-state index contributed by atoms with van der Waals surface area (Å²) in [4.78, 5) is 11.4. The van der Waals surface area contributed by atoms with Gasteiger partial charge in [0.05, 0.1) is 13.2 Å². The van der Waals surface area contributed by atoms with Crippen LogP contribution >= 0.6 is 11.6 Å². The Labute approximate surface area is 163 Å². The Bertz CT molecular complexity index is 788. The van der Waals surface area contributed by atoms with Crippen LogP contribution in [0, 0.1) is 11.3 Å². The Morgan fingerprint density at radius 1 is 1.15 bits per heavy atom. The molecule has 6 nitrogen and oxygen atoms in total. The van der Waals surface area contributed by atoms with Crippen molar-refractivity contribution in [3.05, 3.63) is 53.1 Å². The predicted octanol–water partition coefficient (Wildman–Crippen LogP) is 3.38. The van der Waals surface area contributed by atoms with Crippen LogP contribution in [0.15, 0.2) is 42.5 Å². The van der Waals surface area contributed by atoms with E-state index in [9.17, 15) is 4.79 Å². The van der Waals surface area contributed by atoms with E-state index in [0.29, 0.717) is 48.5 Å². The van der Waals surface area contributed by atoms with Crippen LogP contribution in [-0.2, 0) is 11.2 Å². The minimum Gasteiger partial charge on any atom is -0.493 e. The molecule has 0 aliphatic carbocycles. The molecule has 0 spiro atoms. The lowest BCUT2D eigenvalue weighted by molar-refractivity contribution is -0.120. The van der Waals surface area contributed by atoms with Crippen molar-refractivity contribution in [2.75, 3.05) is 26.9 Å². The molecule has 0 aliphatic rings. The molecule has 0 aliphatic heterocycles. The highest BCUT2D eigenvalue weighted by Crippen LogP contribution is 2.31. The standard InChI is InChI=1S/C20H21ClN2O4/c1-25-18-4-2-3-15(10-12-23-19(24)9-11-22)20(18)27-14-13-26-17-7-5-16(21)6-8-17/h2-8H,9-10,12-14H2,1H3,(H,23,24). The van der Waals surface area contributed by atoms with E-state index in [1.165, 1.54) is 0 Å². The second kappa shape index (κ2) is 10.9. The van der Waals surface area contributed by atoms with E-state index in [0.717, 1.165) is 5.56 Å². The van der Waals surface area contributed by atoms with Crippen molar-refractivity contribution in [1.29, 1.82) is 5.26 Å². The molecule has 2 aromatic carbocycles. The van der Waals surface area contributed by atoms with Gasteiger partial charge in [-0.05, 0) is 42.3 Å². The molecule has 0 saturated heterocycles. The van der Waals surface area contributed by atoms with Crippen molar-refractivity contribution < 1.29 is 19.0 Å². The van der Waals surface area contributed by atoms with Crippen LogP contribution in [-0.4, -0.2) is 32.8 Å². The van der Waals surface area contributed by atoms with Gasteiger partial charge in [-0.15, -0.1) is 0 Å². The topological polar surface area (TPSA) is 80.6 Å². The van der Waals surface area contributed by atoms with Crippen LogP contribution in [0.3, 0.4) is 0 Å². The molecule has 0 radical (unpaired) electrons. The number of nitriles is 1. The van der Waals surface area contributed by atoms with Gasteiger partial charge in [0.25, 0.3) is 0 Å². The van der Waals surface area contributed by atoms with E-state index in [2.05, 4.69) is 5.32 Å². The van der Waals surface area contributed by atoms with Crippen LogP contribution < -0.4 is 19.5 Å². The largest absolute Gasteiger partial charge is 0.493 e. The van der Waals surface area contributed by atoms with E-state index in [1.807, 2.05) is 24.3 Å². The lowest BCUT2D eigenvalue weighted by Gasteiger charge is -2.15. The summed E-state index contributed by atoms with van der Waals surface area (Å²) in [6.45, 7) is 1.10. The number of methoxy groups -OCH3 is 1. The summed E-state index contributed by atoms with van der Waals surface area (Å²) in [5.74, 6) is 1.65. The second-order valence-corrected chi connectivity index (χ2v) is 5.97. The number of halogens is 1. The highest BCUT2D eigenvalue weighted by molar-refractivity contribution is 6.30. The molecular weight excluding hydrogens is 368 g/mol. The van der Waals surface area contributed by atoms with Gasteiger partial charge in [-0.25, -0.2) is 0 Å². The molecular formula is C20H21ClN2O4. The molecule has 0 saturated carbocycles. The van der Waals surface area contributed by atoms with Gasteiger partial charge in [-0.1, -0.05) is 23.7 Å². The smallest absolute Gasteiger partial charge is 0.234 e. The molecule has 27 heavy (non-hydrogen) atoms. The summed E-state index contributed by atoms with van der Waals surface area (Å²) in [5, 5.41) is 11.9. The second-order valence-electron chi connectivity index (χ2n) is 5.53. The van der Waals surface area contributed by atoms with Gasteiger partial charge in [0, 0.05) is 11.6 Å². The summed E-state index contributed by atoms with van der Waals surface area (Å²) in [6, 6.07) is 14.5. The number of rotatable bonds is 10. The molecule has 2 rings (SSSR count). The highest BCUT2D eigenvalue weighted by Gasteiger charge is 2.11. The number of carbonyl (C=O) groups excluding carboxylic acids is 1. The first-order valence-electron chi connectivity index (χ1n) is 8.44. The molecule has 0 unspecified atom stereocenters. The Kier molecular flexibility index (Phi) is 8.27. The van der Waals surface area contributed by atoms with Crippen molar-refractivity contribution in [3.8, 4) is 23.3 Å². The fraction of sp³-hybridized carbons (Fsp3) is 0.300. The molecule has 0 heterocycles. The zero-order valence-corrected chi connectivity index (χ0v) is 15.8. The van der Waals surface area contributed by atoms with Crippen LogP contribution in [0.5, 0.6) is 17.2 Å². The van der Waals surface area contributed by atoms with Crippen LogP contribution in [0.1, 0.15) is 12.0 Å². The van der Waals surface area contributed by atoms with Gasteiger partial charge in [0.15, 0.2) is 11.5 Å². The Morgan fingerprint density at radius 2 is 1.89 bits per heavy atom. The number of benzene rings is 2. The monoisotopic (exact) mass is 388 g/mol. The number of carbonyl (C=O) groups is 1. The number of hydrogen-bond donors (Lipinski definition) is 1. The van der Waals surface area contributed by atoms with E-state index in [-0.39, 0.29) is 12.3 Å². The van der Waals surface area contributed by atoms with Gasteiger partial charge in [-0.2, -0.15) is 5.26 Å². The summed E-state index contributed by atoms with van der Waals surface area (Å²) >= 11 is 5.85. The molecule has 1 amide bonds. The third kappa shape index (κ3) is 6.72. The number of nitrogens with one attached hydrogen (secondary N) is 1. The fourth-order valence-electron chi connectivity index (χ4n) is 2.39. The summed E-state index contributed by atoms with van der Waals surface area (Å²) < 4.78 is 16.9. The number of para-hydroxylation sites is 1. The zero-order valence-electron chi connectivity index (χ0n) is 15.0. The zero-order chi connectivity index (χ0) is 19.5. The SMILES string of the molecule is COc1cccc(CCNC(=O)CC#N)c1OCCOc1ccc(Cl)cc1. The maximum Gasteiger partial charge on any atom is 0.234 e. The Hall–Kier alpha value is -2.91. The normalized spacial score (nSPS) is 9.96. The van der Waals surface area contributed by atoms with Crippen molar-refractivity contribution in [2.45, 2.75) is 12.8 Å². The lowest BCUT2D eigenvalue weighted by Crippen LogP contribution is -2.25. The van der Waals surface area contributed by atoms with Gasteiger partial charge >= 0.3 is 0 Å². The Balaban J connectivity index is 1.90. The van der Waals surface area contributed by atoms with E-state index < -0.39 is 0 Å². The van der Waals surface area contributed by atoms with Crippen LogP contribution in [0.4, 0.5) is 0 Å². The summed E-state index contributed by atoms with van der Waals surface area (Å²) in [6.07, 6.45) is 0.408. The number of nitrogens with zero attached hydrogens (tertiary/aromatic N) is 1. The van der Waals surface area contributed by atoms with Crippen molar-refractivity contribution in [2.24, 2.45) is 0 Å². The van der Waals surface area contributed by atoms with Crippen molar-refractivity contribution >= 4 is 17.5 Å². The summed E-state index contributed by atoms with van der Waals surface area (Å²) in [7, 11) is 1.57. The average Bonchev–Trinajstić information content (AvgIpc) is 2.67. The number of hydrogen-bond acceptors (Lipinski definition) is 5. The molecule has 142 valence electrons. The van der Waals surface area contributed by atoms with Crippen molar-refractivity contribution in [1.82, 2.24) is 5.32 Å². The molecule has 0 aromatic heterocycles. The quantitative estimate of drug-likeness (QED) is 0.631. The van der Waals surface area contributed by atoms with E-state index >= 15 is 0 Å². The maximum atomic E-state index is 11.4. The molecule has 2 aromatic rings. The van der Waals surface area contributed by atoms with E-state index in [1.54, 1.807) is 31.4 Å². The van der Waals surface area contributed by atoms with Crippen LogP contribution in [0.2, 0.25) is 5.02 Å². The first kappa shape index (κ1) is 20.4. The van der Waals surface area contributed by atoms with Crippen LogP contribution in [0.25, 0.3) is 0 Å². The molecule has 0 bridgehead atoms. The van der Waals surface area contributed by atoms with Gasteiger partial charge < -0.3 is 19.5 Å². The summed E-state index contributed by atoms with van der Waals surface area (Å²) in [5.41, 5.74) is 0.901. The van der Waals surface area contributed by atoms with Crippen molar-refractivity contribution in [3.63, 3.8) is 0 Å². The lowest BCUT2D eigenvalue weighted by atomic mass is 10.1. The molecule has 7 heteroatoms. The Morgan fingerprint density at radius 3 is 2.59 bits per heavy atom. The molecule has 0 fully saturated rings. The molecule has 0 atom stereocenters. The predicted molar refractivity (Wildman–Crippen MR) is 102 cm³/mol. The van der Waals surface area contributed by atoms with Gasteiger partial charge in [-0.3, -0.25) is 4.79 Å². The average molecular weight is 389 g/mol. The minimum absolute atomic E-state index is 0.149. The number of ether oxygens (including phenoxy) is 3. The minimum atomic E-state index is -0.292. The first-order valence-corrected chi connectivity index (χ1v) is 8.82. The first-order chi connectivity index (χ1) is 13.1. The highest BCUT2D eigenvalue weighted by atomic mass is 35.5. The third-order valence-electron chi connectivity index (χ3n) is 3.65. The van der Waals surface area contributed by atoms with E-state index in [4.69, 9.17) is 31.1 Å². The maximum absolute atomic E-state index is 11.4. The van der Waals surface area contributed by atoms with Gasteiger partial charge in [0.1, 0.15) is 25.4 Å². The fourth-order valence-corrected chi connectivity index (χ4v) is 2.51.